The maximum atomic E-state index is 10.0. The van der Waals surface area contributed by atoms with Crippen LogP contribution in [0.4, 0.5) is 28.4 Å². The summed E-state index contributed by atoms with van der Waals surface area (Å²) in [6, 6.07) is 19.1. The molecule has 5 nitrogen and oxygen atoms in total. The Balaban J connectivity index is 0.000000265. The van der Waals surface area contributed by atoms with Gasteiger partial charge in [-0.1, -0.05) is 15.2 Å². The van der Waals surface area contributed by atoms with Crippen LogP contribution in [0.5, 0.6) is 0 Å². The number of carbonyl (C=O) groups is 1. The van der Waals surface area contributed by atoms with Gasteiger partial charge in [-0.25, -0.2) is 0 Å². The van der Waals surface area contributed by atoms with Crippen molar-refractivity contribution < 1.29 is 34.6 Å². The third-order valence-corrected chi connectivity index (χ3v) is 4.00. The molecule has 6 heteroatoms. The summed E-state index contributed by atoms with van der Waals surface area (Å²) in [5, 5.41) is 8.36. The van der Waals surface area contributed by atoms with Crippen LogP contribution in [0.15, 0.2) is 48.2 Å². The van der Waals surface area contributed by atoms with Crippen LogP contribution in [-0.2, 0) is 24.9 Å². The van der Waals surface area contributed by atoms with E-state index in [1.807, 2.05) is 23.8 Å². The zero-order valence-electron chi connectivity index (χ0n) is 15.1. The molecule has 0 saturated carbocycles. The fourth-order valence-corrected chi connectivity index (χ4v) is 3.00. The molecule has 0 aromatic heterocycles. The molecule has 0 fully saturated rings. The van der Waals surface area contributed by atoms with Crippen molar-refractivity contribution in [3.63, 3.8) is 0 Å². The molecule has 135 valence electrons. The van der Waals surface area contributed by atoms with Gasteiger partial charge in [0.15, 0.2) is 12.8 Å². The van der Waals surface area contributed by atoms with Gasteiger partial charge in [0, 0.05) is 37.9 Å². The zero-order valence-corrected chi connectivity index (χ0v) is 17.5. The van der Waals surface area contributed by atoms with E-state index in [4.69, 9.17) is 5.11 Å². The minimum Gasteiger partial charge on any atom is -0.512 e. The van der Waals surface area contributed by atoms with E-state index in [9.17, 15) is 4.79 Å². The molecule has 0 atom stereocenters. The molecule has 2 aliphatic heterocycles. The number of hydrogen-bond acceptors (Lipinski definition) is 3. The molecule has 0 amide bonds. The normalized spacial score (nSPS) is 13.4. The van der Waals surface area contributed by atoms with Crippen molar-refractivity contribution in [3.05, 3.63) is 54.3 Å². The van der Waals surface area contributed by atoms with E-state index in [-0.39, 0.29) is 31.6 Å². The number of hydrogen-bond donors (Lipinski definition) is 1. The second kappa shape index (κ2) is 7.79. The van der Waals surface area contributed by atoms with Crippen LogP contribution in [0.3, 0.4) is 0 Å². The number of carbonyl (C=O) groups excluding carboxylic acids is 1. The zero-order chi connectivity index (χ0) is 18.1. The molecule has 0 aliphatic carbocycles. The molecular formula is C20H20IrN3O2+. The summed E-state index contributed by atoms with van der Waals surface area (Å²) < 4.78 is 4.13. The molecule has 4 rings (SSSR count). The summed E-state index contributed by atoms with van der Waals surface area (Å²) in [5.74, 6) is -0.0625. The Labute approximate surface area is 166 Å². The van der Waals surface area contributed by atoms with Crippen LogP contribution in [0.2, 0.25) is 0 Å². The Bertz CT molecular complexity index is 969. The smallest absolute Gasteiger partial charge is 0.494 e. The fraction of sp³-hybridized carbons (Fsp3) is 0.200. The monoisotopic (exact) mass is 527 g/mol. The van der Waals surface area contributed by atoms with Crippen molar-refractivity contribution >= 4 is 40.2 Å². The second-order valence-corrected chi connectivity index (χ2v) is 6.00. The van der Waals surface area contributed by atoms with Gasteiger partial charge in [-0.15, -0.1) is 12.1 Å². The molecule has 2 heterocycles. The molecule has 2 aliphatic rings. The molecule has 2 aromatic carbocycles. The van der Waals surface area contributed by atoms with Crippen molar-refractivity contribution in [3.8, 4) is 0 Å². The molecular weight excluding hydrogens is 506 g/mol. The van der Waals surface area contributed by atoms with Gasteiger partial charge in [-0.05, 0) is 27.0 Å². The third kappa shape index (κ3) is 3.54. The molecule has 26 heavy (non-hydrogen) atoms. The Morgan fingerprint density at radius 2 is 1.92 bits per heavy atom. The van der Waals surface area contributed by atoms with Crippen LogP contribution < -0.4 is 9.48 Å². The number of fused-ring (bicyclic) bond motifs is 2. The Morgan fingerprint density at radius 3 is 2.54 bits per heavy atom. The van der Waals surface area contributed by atoms with E-state index in [1.165, 1.54) is 37.0 Å². The minimum atomic E-state index is -0.125. The first kappa shape index (κ1) is 19.8. The van der Waals surface area contributed by atoms with E-state index in [0.717, 1.165) is 11.4 Å². The van der Waals surface area contributed by atoms with Gasteiger partial charge in [0.1, 0.15) is 11.4 Å². The molecule has 0 unspecified atom stereocenters. The number of aliphatic hydroxyl groups is 1. The predicted molar refractivity (Wildman–Crippen MR) is 99.2 cm³/mol. The van der Waals surface area contributed by atoms with Gasteiger partial charge in [0.05, 0.1) is 5.76 Å². The van der Waals surface area contributed by atoms with Crippen molar-refractivity contribution in [2.24, 2.45) is 0 Å². The van der Waals surface area contributed by atoms with Gasteiger partial charge >= 0.3 is 11.7 Å². The van der Waals surface area contributed by atoms with Crippen molar-refractivity contribution in [1.82, 2.24) is 4.58 Å². The molecule has 1 N–H and O–H groups in total. The van der Waals surface area contributed by atoms with Gasteiger partial charge in [-0.3, -0.25) is 4.79 Å². The largest absolute Gasteiger partial charge is 0.512 e. The van der Waals surface area contributed by atoms with Gasteiger partial charge in [0.2, 0.25) is 0 Å². The number of benzene rings is 2. The third-order valence-electron chi connectivity index (χ3n) is 4.00. The average molecular weight is 527 g/mol. The number of rotatable bonds is 1. The van der Waals surface area contributed by atoms with Crippen molar-refractivity contribution in [2.45, 2.75) is 13.8 Å². The van der Waals surface area contributed by atoms with Crippen LogP contribution >= 0.6 is 0 Å². The quantitative estimate of drug-likeness (QED) is 0.266. The molecule has 2 aromatic rings. The first-order valence-electron chi connectivity index (χ1n) is 7.95. The SMILES string of the molecule is CC(=O)/C=C(/C)O.CN1c2ccc[c-]c2[N+]2=C=[N+](C)c3cccc1c32.[Ir]. The second-order valence-electron chi connectivity index (χ2n) is 6.00. The van der Waals surface area contributed by atoms with Crippen molar-refractivity contribution in [2.75, 3.05) is 19.0 Å². The first-order chi connectivity index (χ1) is 11.9. The van der Waals surface area contributed by atoms with E-state index in [1.54, 1.807) is 0 Å². The summed E-state index contributed by atoms with van der Waals surface area (Å²) >= 11 is 0. The minimum absolute atomic E-state index is 0. The summed E-state index contributed by atoms with van der Waals surface area (Å²) in [6.07, 6.45) is 1.17. The van der Waals surface area contributed by atoms with Gasteiger partial charge in [-0.2, -0.15) is 12.1 Å². The molecule has 0 spiro atoms. The summed E-state index contributed by atoms with van der Waals surface area (Å²) in [6.45, 7) is 2.85. The standard InChI is InChI=1S/C15H12N3.C5H8O2.Ir/c1-16-10-18-12-7-4-3-6-11(12)17(2)14-9-5-8-13(16)15(14)18;1-4(6)3-5(2)7;/h3-6,8-9H,1-2H3;3,6H,1-2H3;/q+1;;/b;4-3-;. The summed E-state index contributed by atoms with van der Waals surface area (Å²) in [4.78, 5) is 12.2. The van der Waals surface area contributed by atoms with Crippen LogP contribution in [0, 0.1) is 6.07 Å². The van der Waals surface area contributed by atoms with E-state index >= 15 is 0 Å². The molecule has 1 radical (unpaired) electrons. The van der Waals surface area contributed by atoms with E-state index in [0.29, 0.717) is 0 Å². The van der Waals surface area contributed by atoms with Crippen LogP contribution in [0.1, 0.15) is 13.8 Å². The van der Waals surface area contributed by atoms with E-state index in [2.05, 4.69) is 52.9 Å². The molecule has 0 saturated heterocycles. The Morgan fingerprint density at radius 1 is 1.23 bits per heavy atom. The average Bonchev–Trinajstić information content (AvgIpc) is 2.90. The number of nitrogens with zero attached hydrogens (tertiary/aromatic N) is 3. The fourth-order valence-electron chi connectivity index (χ4n) is 3.00. The van der Waals surface area contributed by atoms with Gasteiger partial charge in [0.25, 0.3) is 5.69 Å². The maximum absolute atomic E-state index is 10.0. The number of ketones is 1. The first-order valence-corrected chi connectivity index (χ1v) is 7.95. The summed E-state index contributed by atoms with van der Waals surface area (Å²) in [7, 11) is 4.12. The van der Waals surface area contributed by atoms with E-state index < -0.39 is 0 Å². The number of para-hydroxylation sites is 2. The molecule has 0 bridgehead atoms. The topological polar surface area (TPSA) is 46.6 Å². The summed E-state index contributed by atoms with van der Waals surface area (Å²) in [5.41, 5.74) is 5.80. The predicted octanol–water partition coefficient (Wildman–Crippen LogP) is 3.90. The van der Waals surface area contributed by atoms with Crippen LogP contribution in [0.25, 0.3) is 0 Å². The Kier molecular flexibility index (Phi) is 5.93. The number of allylic oxidation sites excluding steroid dienone is 2. The Hall–Kier alpha value is -2.52. The van der Waals surface area contributed by atoms with Gasteiger partial charge < -0.3 is 10.0 Å². The number of aliphatic hydroxyl groups excluding tert-OH is 1. The van der Waals surface area contributed by atoms with Crippen molar-refractivity contribution in [1.29, 1.82) is 0 Å². The van der Waals surface area contributed by atoms with Crippen LogP contribution in [-0.4, -0.2) is 35.6 Å². The maximum Gasteiger partial charge on any atom is 0.494 e. The number of anilines is 2.